The molecule has 0 atom stereocenters. The van der Waals surface area contributed by atoms with Crippen molar-refractivity contribution >= 4 is 22.1 Å². The van der Waals surface area contributed by atoms with E-state index >= 15 is 0 Å². The Kier molecular flexibility index (Phi) is 8.45. The van der Waals surface area contributed by atoms with Gasteiger partial charge in [0.1, 0.15) is 5.75 Å². The van der Waals surface area contributed by atoms with Gasteiger partial charge in [-0.25, -0.2) is 13.8 Å². The summed E-state index contributed by atoms with van der Waals surface area (Å²) in [6.45, 7) is 1.26. The number of nitrogens with one attached hydrogen (secondary N) is 1. The zero-order valence-electron chi connectivity index (χ0n) is 19.6. The summed E-state index contributed by atoms with van der Waals surface area (Å²) in [7, 11) is -1.10. The molecule has 0 aliphatic heterocycles. The molecular formula is C25H27N3O6S. The van der Waals surface area contributed by atoms with E-state index in [0.29, 0.717) is 16.9 Å². The lowest BCUT2D eigenvalue weighted by atomic mass is 10.2. The number of carbonyl (C=O) groups excluding carboxylic acids is 1. The molecule has 3 aromatic rings. The second-order valence-electron chi connectivity index (χ2n) is 7.58. The van der Waals surface area contributed by atoms with E-state index in [1.54, 1.807) is 55.5 Å². The first-order chi connectivity index (χ1) is 16.8. The Bertz CT molecular complexity index is 1310. The van der Waals surface area contributed by atoms with Crippen LogP contribution >= 0.6 is 0 Å². The summed E-state index contributed by atoms with van der Waals surface area (Å²) in [5, 5.41) is 14.0. The topological polar surface area (TPSA) is 118 Å². The number of hydrazone groups is 1. The number of carbonyl (C=O) groups is 1. The number of nitrogens with zero attached hydrogens (tertiary/aromatic N) is 2. The molecule has 0 heterocycles. The van der Waals surface area contributed by atoms with Crippen LogP contribution in [0.5, 0.6) is 17.2 Å². The predicted molar refractivity (Wildman–Crippen MR) is 132 cm³/mol. The highest BCUT2D eigenvalue weighted by atomic mass is 32.2. The molecule has 10 heteroatoms. The van der Waals surface area contributed by atoms with Crippen LogP contribution in [0.25, 0.3) is 0 Å². The van der Waals surface area contributed by atoms with Crippen LogP contribution in [0.1, 0.15) is 16.7 Å². The van der Waals surface area contributed by atoms with Crippen LogP contribution in [-0.2, 0) is 21.4 Å². The molecular weight excluding hydrogens is 470 g/mol. The average molecular weight is 498 g/mol. The van der Waals surface area contributed by atoms with Crippen LogP contribution in [0.15, 0.2) is 76.7 Å². The minimum atomic E-state index is -4.03. The van der Waals surface area contributed by atoms with Gasteiger partial charge in [0, 0.05) is 12.1 Å². The number of benzene rings is 3. The van der Waals surface area contributed by atoms with Crippen molar-refractivity contribution in [3.8, 4) is 17.2 Å². The molecule has 35 heavy (non-hydrogen) atoms. The van der Waals surface area contributed by atoms with Gasteiger partial charge in [-0.2, -0.15) is 9.41 Å². The highest BCUT2D eigenvalue weighted by molar-refractivity contribution is 7.89. The van der Waals surface area contributed by atoms with E-state index in [1.165, 1.54) is 32.6 Å². The van der Waals surface area contributed by atoms with Crippen LogP contribution in [-0.4, -0.2) is 50.7 Å². The van der Waals surface area contributed by atoms with E-state index in [2.05, 4.69) is 10.5 Å². The zero-order chi connectivity index (χ0) is 25.4. The van der Waals surface area contributed by atoms with E-state index in [-0.39, 0.29) is 22.9 Å². The number of aryl methyl sites for hydroxylation is 1. The fraction of sp³-hybridized carbons (Fsp3) is 0.200. The maximum absolute atomic E-state index is 13.5. The van der Waals surface area contributed by atoms with Crippen molar-refractivity contribution in [1.29, 1.82) is 0 Å². The number of amides is 1. The third kappa shape index (κ3) is 6.37. The molecule has 0 aliphatic rings. The first-order valence-electron chi connectivity index (χ1n) is 10.6. The Balaban J connectivity index is 1.82. The average Bonchev–Trinajstić information content (AvgIpc) is 2.85. The number of phenolic OH excluding ortho intramolecular Hbond substituents is 1. The summed E-state index contributed by atoms with van der Waals surface area (Å²) < 4.78 is 38.3. The number of hydrogen-bond acceptors (Lipinski definition) is 7. The summed E-state index contributed by atoms with van der Waals surface area (Å²) in [6.07, 6.45) is 1.25. The number of sulfonamides is 1. The maximum Gasteiger partial charge on any atom is 0.255 e. The van der Waals surface area contributed by atoms with Gasteiger partial charge < -0.3 is 14.6 Å². The molecule has 0 saturated heterocycles. The number of hydrogen-bond donors (Lipinski definition) is 2. The highest BCUT2D eigenvalue weighted by Gasteiger charge is 2.27. The summed E-state index contributed by atoms with van der Waals surface area (Å²) in [5.74, 6) is 0.0474. The van der Waals surface area contributed by atoms with Crippen molar-refractivity contribution in [3.05, 3.63) is 83.4 Å². The second-order valence-corrected chi connectivity index (χ2v) is 9.52. The van der Waals surface area contributed by atoms with E-state index in [9.17, 15) is 18.3 Å². The quantitative estimate of drug-likeness (QED) is 0.328. The van der Waals surface area contributed by atoms with Gasteiger partial charge in [-0.05, 0) is 48.4 Å². The van der Waals surface area contributed by atoms with Crippen molar-refractivity contribution in [3.63, 3.8) is 0 Å². The largest absolute Gasteiger partial charge is 0.504 e. The molecule has 0 fully saturated rings. The Morgan fingerprint density at radius 2 is 1.74 bits per heavy atom. The van der Waals surface area contributed by atoms with Gasteiger partial charge in [-0.3, -0.25) is 4.79 Å². The molecule has 1 amide bonds. The Morgan fingerprint density at radius 3 is 2.40 bits per heavy atom. The van der Waals surface area contributed by atoms with Gasteiger partial charge in [0.2, 0.25) is 10.0 Å². The van der Waals surface area contributed by atoms with Crippen LogP contribution < -0.4 is 14.9 Å². The Labute approximate surface area is 204 Å². The number of phenols is 1. The number of para-hydroxylation sites is 1. The molecule has 3 aromatic carbocycles. The third-order valence-electron chi connectivity index (χ3n) is 5.17. The smallest absolute Gasteiger partial charge is 0.255 e. The number of aromatic hydroxyl groups is 1. The Morgan fingerprint density at radius 1 is 1.03 bits per heavy atom. The SMILES string of the molecule is COc1ccc(S(=O)(=O)N(CC(=O)NN=Cc2cccc(OC)c2O)Cc2ccccc2)cc1C. The normalized spacial score (nSPS) is 11.5. The van der Waals surface area contributed by atoms with Crippen LogP contribution in [0.4, 0.5) is 0 Å². The highest BCUT2D eigenvalue weighted by Crippen LogP contribution is 2.28. The lowest BCUT2D eigenvalue weighted by Crippen LogP contribution is -2.39. The molecule has 0 aliphatic carbocycles. The molecule has 0 saturated carbocycles. The first kappa shape index (κ1) is 25.7. The standard InChI is InChI=1S/C25H27N3O6S/c1-18-14-21(12-13-22(18)33-2)35(31,32)28(16-19-8-5-4-6-9-19)17-24(29)27-26-15-20-10-7-11-23(34-3)25(20)30/h4-15,30H,16-17H2,1-3H3,(H,27,29). The molecule has 0 spiro atoms. The van der Waals surface area contributed by atoms with Crippen molar-refractivity contribution in [2.75, 3.05) is 20.8 Å². The lowest BCUT2D eigenvalue weighted by molar-refractivity contribution is -0.121. The molecule has 0 aromatic heterocycles. The van der Waals surface area contributed by atoms with Crippen molar-refractivity contribution in [2.45, 2.75) is 18.4 Å². The van der Waals surface area contributed by atoms with Gasteiger partial charge in [0.25, 0.3) is 5.91 Å². The lowest BCUT2D eigenvalue weighted by Gasteiger charge is -2.22. The molecule has 0 unspecified atom stereocenters. The maximum atomic E-state index is 13.5. The van der Waals surface area contributed by atoms with Crippen molar-refractivity contribution in [1.82, 2.24) is 9.73 Å². The minimum Gasteiger partial charge on any atom is -0.504 e. The fourth-order valence-corrected chi connectivity index (χ4v) is 4.82. The zero-order valence-corrected chi connectivity index (χ0v) is 20.5. The number of rotatable bonds is 10. The molecule has 2 N–H and O–H groups in total. The fourth-order valence-electron chi connectivity index (χ4n) is 3.35. The molecule has 0 bridgehead atoms. The molecule has 0 radical (unpaired) electrons. The van der Waals surface area contributed by atoms with E-state index < -0.39 is 22.5 Å². The van der Waals surface area contributed by atoms with Gasteiger partial charge in [-0.15, -0.1) is 0 Å². The predicted octanol–water partition coefficient (Wildman–Crippen LogP) is 3.06. The third-order valence-corrected chi connectivity index (χ3v) is 6.96. The van der Waals surface area contributed by atoms with E-state index in [1.807, 2.05) is 6.07 Å². The summed E-state index contributed by atoms with van der Waals surface area (Å²) >= 11 is 0. The van der Waals surface area contributed by atoms with Crippen LogP contribution in [0, 0.1) is 6.92 Å². The number of ether oxygens (including phenoxy) is 2. The summed E-state index contributed by atoms with van der Waals surface area (Å²) in [4.78, 5) is 12.7. The van der Waals surface area contributed by atoms with Crippen LogP contribution in [0.2, 0.25) is 0 Å². The molecule has 184 valence electrons. The molecule has 9 nitrogen and oxygen atoms in total. The van der Waals surface area contributed by atoms with Gasteiger partial charge >= 0.3 is 0 Å². The van der Waals surface area contributed by atoms with Crippen molar-refractivity contribution in [2.24, 2.45) is 5.10 Å². The van der Waals surface area contributed by atoms with E-state index in [4.69, 9.17) is 9.47 Å². The second kappa shape index (κ2) is 11.5. The van der Waals surface area contributed by atoms with Gasteiger partial charge in [0.05, 0.1) is 31.9 Å². The number of methoxy groups -OCH3 is 2. The molecule has 3 rings (SSSR count). The first-order valence-corrected chi connectivity index (χ1v) is 12.1. The van der Waals surface area contributed by atoms with Crippen molar-refractivity contribution < 1.29 is 27.8 Å². The minimum absolute atomic E-state index is 0.0118. The van der Waals surface area contributed by atoms with Gasteiger partial charge in [0.15, 0.2) is 11.5 Å². The van der Waals surface area contributed by atoms with Crippen LogP contribution in [0.3, 0.4) is 0 Å². The summed E-state index contributed by atoms with van der Waals surface area (Å²) in [5.41, 5.74) is 4.02. The Hall–Kier alpha value is -3.89. The monoisotopic (exact) mass is 497 g/mol. The summed E-state index contributed by atoms with van der Waals surface area (Å²) in [6, 6.07) is 18.3. The van der Waals surface area contributed by atoms with E-state index in [0.717, 1.165) is 9.87 Å². The van der Waals surface area contributed by atoms with Gasteiger partial charge in [-0.1, -0.05) is 36.4 Å².